The van der Waals surface area contributed by atoms with Crippen LogP contribution in [0.5, 0.6) is 5.75 Å². The van der Waals surface area contributed by atoms with Gasteiger partial charge in [-0.05, 0) is 61.0 Å². The first-order valence-electron chi connectivity index (χ1n) is 13.4. The Kier molecular flexibility index (Phi) is 10.3. The number of nitrogen functional groups attached to an aromatic ring is 2. The maximum absolute atomic E-state index is 12.8. The smallest absolute Gasteiger partial charge is 0.327 e. The van der Waals surface area contributed by atoms with E-state index in [4.69, 9.17) is 21.0 Å². The molecule has 224 valence electrons. The van der Waals surface area contributed by atoms with Gasteiger partial charge in [0.25, 0.3) is 14.5 Å². The predicted octanol–water partition coefficient (Wildman–Crippen LogP) is 2.95. The van der Waals surface area contributed by atoms with E-state index in [1.807, 2.05) is 36.2 Å². The van der Waals surface area contributed by atoms with Crippen molar-refractivity contribution < 1.29 is 23.7 Å². The van der Waals surface area contributed by atoms with Crippen molar-refractivity contribution in [3.05, 3.63) is 71.5 Å². The molecule has 0 radical (unpaired) electrons. The normalized spacial score (nSPS) is 11.8. The van der Waals surface area contributed by atoms with Gasteiger partial charge in [0, 0.05) is 24.8 Å². The second-order valence-electron chi connectivity index (χ2n) is 9.42. The summed E-state index contributed by atoms with van der Waals surface area (Å²) < 4.78 is 16.7. The average Bonchev–Trinajstić information content (AvgIpc) is 3.00. The number of fused-ring (bicyclic) bond motifs is 1. The molecule has 0 spiro atoms. The highest BCUT2D eigenvalue weighted by Crippen LogP contribution is 2.24. The summed E-state index contributed by atoms with van der Waals surface area (Å²) in [6, 6.07) is 13.4. The third-order valence-corrected chi connectivity index (χ3v) is 6.94. The van der Waals surface area contributed by atoms with Crippen molar-refractivity contribution in [2.45, 2.75) is 32.9 Å². The van der Waals surface area contributed by atoms with Gasteiger partial charge in [-0.25, -0.2) is 9.97 Å². The standard InChI is InChI=1S/C28H32N9O5P/c1-4-41-27(39)17(2)37(43-40)42-22-8-6-5-7-18(22)13-14-31-26(38)19-9-11-21(12-10-19)36(3)16-20-15-32-25-23(33-20)24(29)34-28(30)35-25/h5-12,15,17H,4,13-14,16H2,1-3H3,(H,31,38)(H4,29,30,32,34,35). The number of carbonyl (C=O) groups is 2. The highest BCUT2D eigenvalue weighted by molar-refractivity contribution is 7.20. The minimum absolute atomic E-state index is 0.0384. The Morgan fingerprint density at radius 3 is 2.53 bits per heavy atom. The fourth-order valence-corrected chi connectivity index (χ4v) is 4.45. The fourth-order valence-electron chi connectivity index (χ4n) is 4.09. The van der Waals surface area contributed by atoms with Gasteiger partial charge in [0.15, 0.2) is 28.8 Å². The molecule has 1 atom stereocenters. The van der Waals surface area contributed by atoms with Crippen LogP contribution in [0.1, 0.15) is 35.5 Å². The molecule has 5 N–H and O–H groups in total. The molecule has 0 saturated heterocycles. The number of ether oxygens (including phenoxy) is 1. The average molecular weight is 606 g/mol. The first kappa shape index (κ1) is 31.0. The number of hydrogen-bond donors (Lipinski definition) is 3. The van der Waals surface area contributed by atoms with Gasteiger partial charge >= 0.3 is 5.97 Å². The first-order valence-corrected chi connectivity index (χ1v) is 14.2. The largest absolute Gasteiger partial charge is 0.465 e. The van der Waals surface area contributed by atoms with E-state index in [-0.39, 0.29) is 24.3 Å². The van der Waals surface area contributed by atoms with Crippen molar-refractivity contribution in [1.29, 1.82) is 0 Å². The molecule has 0 bridgehead atoms. The maximum Gasteiger partial charge on any atom is 0.327 e. The van der Waals surface area contributed by atoms with E-state index in [0.29, 0.717) is 47.7 Å². The van der Waals surface area contributed by atoms with Crippen molar-refractivity contribution in [3.8, 4) is 5.75 Å². The highest BCUT2D eigenvalue weighted by atomic mass is 31.1. The number of nitrogens with zero attached hydrogens (tertiary/aromatic N) is 6. The van der Waals surface area contributed by atoms with E-state index in [9.17, 15) is 14.2 Å². The lowest BCUT2D eigenvalue weighted by Crippen LogP contribution is -2.36. The summed E-state index contributed by atoms with van der Waals surface area (Å²) in [6.07, 6.45) is 2.05. The molecular weight excluding hydrogens is 573 g/mol. The molecule has 15 heteroatoms. The van der Waals surface area contributed by atoms with Crippen LogP contribution >= 0.6 is 8.61 Å². The number of amides is 1. The van der Waals surface area contributed by atoms with Crippen LogP contribution in [0.4, 0.5) is 17.5 Å². The summed E-state index contributed by atoms with van der Waals surface area (Å²) in [5.41, 5.74) is 15.0. The molecule has 2 heterocycles. The number of anilines is 3. The Balaban J connectivity index is 1.32. The van der Waals surface area contributed by atoms with Gasteiger partial charge in [0.2, 0.25) is 5.95 Å². The first-order chi connectivity index (χ1) is 20.7. The van der Waals surface area contributed by atoms with Gasteiger partial charge in [0.05, 0.1) is 25.0 Å². The second-order valence-corrected chi connectivity index (χ2v) is 9.98. The number of nitrogens with two attached hydrogens (primary N) is 2. The van der Waals surface area contributed by atoms with Crippen LogP contribution in [0.3, 0.4) is 0 Å². The molecule has 1 unspecified atom stereocenters. The van der Waals surface area contributed by atoms with Crippen molar-refractivity contribution >= 4 is 49.1 Å². The molecule has 2 aromatic carbocycles. The van der Waals surface area contributed by atoms with E-state index in [1.165, 1.54) is 6.92 Å². The molecule has 2 aromatic heterocycles. The number of hydroxylamine groups is 1. The predicted molar refractivity (Wildman–Crippen MR) is 161 cm³/mol. The number of benzene rings is 2. The zero-order chi connectivity index (χ0) is 30.9. The lowest BCUT2D eigenvalue weighted by molar-refractivity contribution is -0.153. The number of hydrogen-bond acceptors (Lipinski definition) is 12. The van der Waals surface area contributed by atoms with E-state index in [1.54, 1.807) is 37.4 Å². The zero-order valence-corrected chi connectivity index (χ0v) is 24.8. The summed E-state index contributed by atoms with van der Waals surface area (Å²) in [5, 5.41) is 2.90. The van der Waals surface area contributed by atoms with Gasteiger partial charge in [-0.15, -0.1) is 0 Å². The molecule has 0 saturated carbocycles. The van der Waals surface area contributed by atoms with E-state index >= 15 is 0 Å². The maximum atomic E-state index is 12.8. The van der Waals surface area contributed by atoms with Gasteiger partial charge in [-0.2, -0.15) is 9.97 Å². The Morgan fingerprint density at radius 1 is 1.07 bits per heavy atom. The number of aromatic nitrogens is 4. The Hall–Kier alpha value is -4.94. The molecule has 1 amide bonds. The van der Waals surface area contributed by atoms with Gasteiger partial charge in [-0.1, -0.05) is 18.2 Å². The van der Waals surface area contributed by atoms with Gasteiger partial charge < -0.3 is 31.3 Å². The molecule has 0 fully saturated rings. The zero-order valence-electron chi connectivity index (χ0n) is 23.9. The van der Waals surface area contributed by atoms with Crippen molar-refractivity contribution in [1.82, 2.24) is 30.1 Å². The third-order valence-electron chi connectivity index (χ3n) is 6.35. The summed E-state index contributed by atoms with van der Waals surface area (Å²) in [4.78, 5) is 50.3. The van der Waals surface area contributed by atoms with Crippen LogP contribution < -0.4 is 26.5 Å². The van der Waals surface area contributed by atoms with Crippen LogP contribution in [0.25, 0.3) is 11.2 Å². The minimum atomic E-state index is -0.886. The van der Waals surface area contributed by atoms with E-state index in [2.05, 4.69) is 25.3 Å². The van der Waals surface area contributed by atoms with Crippen molar-refractivity contribution in [3.63, 3.8) is 0 Å². The summed E-state index contributed by atoms with van der Waals surface area (Å²) in [6.45, 7) is 4.18. The fraction of sp³-hybridized carbons (Fsp3) is 0.286. The molecule has 4 rings (SSSR count). The SMILES string of the molecule is CCOC(=O)C(C)N(Oc1ccccc1CCNC(=O)c1ccc(N(C)Cc2cnc3nc(N)nc(N)c3n2)cc1)P=O. The Labute approximate surface area is 249 Å². The van der Waals surface area contributed by atoms with E-state index < -0.39 is 20.6 Å². The number of rotatable bonds is 13. The van der Waals surface area contributed by atoms with Gasteiger partial charge in [0.1, 0.15) is 0 Å². The molecule has 43 heavy (non-hydrogen) atoms. The van der Waals surface area contributed by atoms with Crippen molar-refractivity contribution in [2.75, 3.05) is 36.6 Å². The minimum Gasteiger partial charge on any atom is -0.465 e. The van der Waals surface area contributed by atoms with Crippen LogP contribution in [0.15, 0.2) is 54.7 Å². The van der Waals surface area contributed by atoms with Crippen LogP contribution in [-0.4, -0.2) is 62.9 Å². The van der Waals surface area contributed by atoms with Gasteiger partial charge in [-0.3, -0.25) is 14.2 Å². The number of nitrogens with one attached hydrogen (secondary N) is 1. The molecule has 14 nitrogen and oxygen atoms in total. The molecule has 0 aliphatic rings. The quantitative estimate of drug-likeness (QED) is 0.115. The molecule has 0 aliphatic carbocycles. The number of para-hydroxylation sites is 1. The molecular formula is C28H32N9O5P. The Morgan fingerprint density at radius 2 is 1.81 bits per heavy atom. The summed E-state index contributed by atoms with van der Waals surface area (Å²) >= 11 is 0. The monoisotopic (exact) mass is 605 g/mol. The lowest BCUT2D eigenvalue weighted by Gasteiger charge is -2.21. The van der Waals surface area contributed by atoms with Crippen LogP contribution in [-0.2, 0) is 27.1 Å². The summed E-state index contributed by atoms with van der Waals surface area (Å²) in [7, 11) is 1.40. The molecule has 4 aromatic rings. The highest BCUT2D eigenvalue weighted by Gasteiger charge is 2.26. The Bertz CT molecular complexity index is 1610. The number of carbonyl (C=O) groups excluding carboxylic acids is 2. The third kappa shape index (κ3) is 7.87. The van der Waals surface area contributed by atoms with Crippen molar-refractivity contribution in [2.24, 2.45) is 0 Å². The lowest BCUT2D eigenvalue weighted by atomic mass is 10.1. The van der Waals surface area contributed by atoms with E-state index in [0.717, 1.165) is 16.1 Å². The molecule has 0 aliphatic heterocycles. The van der Waals surface area contributed by atoms with Crippen LogP contribution in [0, 0.1) is 0 Å². The number of esters is 1. The topological polar surface area (TPSA) is 192 Å². The van der Waals surface area contributed by atoms with Crippen LogP contribution in [0.2, 0.25) is 0 Å². The second kappa shape index (κ2) is 14.3. The summed E-state index contributed by atoms with van der Waals surface area (Å²) in [5.74, 6) is -0.172.